The van der Waals surface area contributed by atoms with Gasteiger partial charge in [0.25, 0.3) is 0 Å². The van der Waals surface area contributed by atoms with Crippen LogP contribution in [-0.4, -0.2) is 61.4 Å². The van der Waals surface area contributed by atoms with Gasteiger partial charge in [0.2, 0.25) is 0 Å². The maximum atomic E-state index is 5.81. The standard InChI is InChI=1S/C18H25N3O2/c1-14-4-6-15(7-5-14)18-10-16(23-19-18)12-21-8-9-22-17(13-21)11-20(2)3/h4-7,10,17H,8-9,11-13H2,1-3H3/t17-/m1/s1. The zero-order valence-corrected chi connectivity index (χ0v) is 14.2. The Morgan fingerprint density at radius 1 is 1.26 bits per heavy atom. The van der Waals surface area contributed by atoms with Gasteiger partial charge in [0.1, 0.15) is 5.69 Å². The Kier molecular flexibility index (Phi) is 5.10. The molecule has 0 spiro atoms. The average molecular weight is 315 g/mol. The van der Waals surface area contributed by atoms with Crippen LogP contribution in [0.4, 0.5) is 0 Å². The molecule has 1 fully saturated rings. The van der Waals surface area contributed by atoms with Crippen molar-refractivity contribution >= 4 is 0 Å². The van der Waals surface area contributed by atoms with Gasteiger partial charge in [0.05, 0.1) is 19.3 Å². The van der Waals surface area contributed by atoms with Gasteiger partial charge < -0.3 is 14.2 Å². The van der Waals surface area contributed by atoms with Gasteiger partial charge in [-0.15, -0.1) is 0 Å². The van der Waals surface area contributed by atoms with Crippen molar-refractivity contribution in [2.45, 2.75) is 19.6 Å². The molecule has 124 valence electrons. The molecule has 1 aromatic carbocycles. The lowest BCUT2D eigenvalue weighted by Gasteiger charge is -2.33. The summed E-state index contributed by atoms with van der Waals surface area (Å²) in [6.45, 7) is 6.45. The summed E-state index contributed by atoms with van der Waals surface area (Å²) in [5.41, 5.74) is 3.24. The van der Waals surface area contributed by atoms with Crippen molar-refractivity contribution in [3.8, 4) is 11.3 Å². The van der Waals surface area contributed by atoms with Crippen LogP contribution < -0.4 is 0 Å². The minimum atomic E-state index is 0.262. The van der Waals surface area contributed by atoms with E-state index in [0.29, 0.717) is 0 Å². The van der Waals surface area contributed by atoms with Crippen LogP contribution in [-0.2, 0) is 11.3 Å². The number of hydrogen-bond donors (Lipinski definition) is 0. The van der Waals surface area contributed by atoms with E-state index in [1.807, 2.05) is 6.07 Å². The van der Waals surface area contributed by atoms with Crippen LogP contribution in [0.1, 0.15) is 11.3 Å². The second-order valence-electron chi connectivity index (χ2n) is 6.53. The number of nitrogens with zero attached hydrogens (tertiary/aromatic N) is 3. The Hall–Kier alpha value is -1.69. The minimum absolute atomic E-state index is 0.262. The van der Waals surface area contributed by atoms with E-state index >= 15 is 0 Å². The van der Waals surface area contributed by atoms with Crippen molar-refractivity contribution in [3.63, 3.8) is 0 Å². The first-order valence-electron chi connectivity index (χ1n) is 8.11. The molecular formula is C18H25N3O2. The molecule has 23 heavy (non-hydrogen) atoms. The van der Waals surface area contributed by atoms with E-state index in [-0.39, 0.29) is 6.10 Å². The molecule has 5 nitrogen and oxygen atoms in total. The Labute approximate surface area is 137 Å². The predicted molar refractivity (Wildman–Crippen MR) is 90.2 cm³/mol. The summed E-state index contributed by atoms with van der Waals surface area (Å²) in [6.07, 6.45) is 0.262. The molecule has 1 aromatic heterocycles. The first-order chi connectivity index (χ1) is 11.1. The molecule has 2 aromatic rings. The van der Waals surface area contributed by atoms with Crippen LogP contribution in [0.3, 0.4) is 0 Å². The fraction of sp³-hybridized carbons (Fsp3) is 0.500. The lowest BCUT2D eigenvalue weighted by atomic mass is 10.1. The second kappa shape index (κ2) is 7.25. The fourth-order valence-corrected chi connectivity index (χ4v) is 2.91. The summed E-state index contributed by atoms with van der Waals surface area (Å²) >= 11 is 0. The quantitative estimate of drug-likeness (QED) is 0.847. The lowest BCUT2D eigenvalue weighted by Crippen LogP contribution is -2.45. The third kappa shape index (κ3) is 4.41. The van der Waals surface area contributed by atoms with Gasteiger partial charge in [-0.25, -0.2) is 0 Å². The Morgan fingerprint density at radius 2 is 2.04 bits per heavy atom. The van der Waals surface area contributed by atoms with E-state index in [9.17, 15) is 0 Å². The lowest BCUT2D eigenvalue weighted by molar-refractivity contribution is -0.0426. The summed E-state index contributed by atoms with van der Waals surface area (Å²) in [6, 6.07) is 10.4. The molecule has 0 aliphatic carbocycles. The summed E-state index contributed by atoms with van der Waals surface area (Å²) < 4.78 is 11.3. The molecule has 0 saturated carbocycles. The highest BCUT2D eigenvalue weighted by Gasteiger charge is 2.22. The van der Waals surface area contributed by atoms with E-state index < -0.39 is 0 Å². The van der Waals surface area contributed by atoms with Crippen LogP contribution >= 0.6 is 0 Å². The van der Waals surface area contributed by atoms with E-state index in [0.717, 1.165) is 49.8 Å². The van der Waals surface area contributed by atoms with E-state index in [2.05, 4.69) is 60.2 Å². The van der Waals surface area contributed by atoms with Gasteiger partial charge in [-0.2, -0.15) is 0 Å². The molecule has 1 saturated heterocycles. The molecule has 2 heterocycles. The highest BCUT2D eigenvalue weighted by molar-refractivity contribution is 5.59. The van der Waals surface area contributed by atoms with E-state index in [1.54, 1.807) is 0 Å². The van der Waals surface area contributed by atoms with E-state index in [1.165, 1.54) is 5.56 Å². The zero-order chi connectivity index (χ0) is 16.2. The molecular weight excluding hydrogens is 290 g/mol. The number of likely N-dealkylation sites (N-methyl/N-ethyl adjacent to an activating group) is 1. The number of ether oxygens (including phenoxy) is 1. The number of rotatable bonds is 5. The Bertz CT molecular complexity index is 621. The fourth-order valence-electron chi connectivity index (χ4n) is 2.91. The van der Waals surface area contributed by atoms with Crippen LogP contribution in [0.5, 0.6) is 0 Å². The number of hydrogen-bond acceptors (Lipinski definition) is 5. The maximum Gasteiger partial charge on any atom is 0.151 e. The summed E-state index contributed by atoms with van der Waals surface area (Å²) in [5, 5.41) is 4.21. The van der Waals surface area contributed by atoms with Crippen molar-refractivity contribution in [1.82, 2.24) is 15.0 Å². The number of morpholine rings is 1. The van der Waals surface area contributed by atoms with Crippen LogP contribution in [0.25, 0.3) is 11.3 Å². The smallest absolute Gasteiger partial charge is 0.151 e. The third-order valence-electron chi connectivity index (χ3n) is 4.08. The van der Waals surface area contributed by atoms with Crippen molar-refractivity contribution in [2.75, 3.05) is 40.3 Å². The second-order valence-corrected chi connectivity index (χ2v) is 6.53. The maximum absolute atomic E-state index is 5.81. The van der Waals surface area contributed by atoms with Crippen LogP contribution in [0.15, 0.2) is 34.9 Å². The van der Waals surface area contributed by atoms with Crippen molar-refractivity contribution < 1.29 is 9.26 Å². The summed E-state index contributed by atoms with van der Waals surface area (Å²) in [4.78, 5) is 4.54. The number of aromatic nitrogens is 1. The van der Waals surface area contributed by atoms with Gasteiger partial charge >= 0.3 is 0 Å². The molecule has 3 rings (SSSR count). The molecule has 0 bridgehead atoms. The van der Waals surface area contributed by atoms with Crippen molar-refractivity contribution in [1.29, 1.82) is 0 Å². The van der Waals surface area contributed by atoms with Gasteiger partial charge in [0, 0.05) is 31.3 Å². The van der Waals surface area contributed by atoms with Crippen molar-refractivity contribution in [3.05, 3.63) is 41.7 Å². The Balaban J connectivity index is 1.61. The SMILES string of the molecule is Cc1ccc(-c2cc(CN3CCO[C@H](CN(C)C)C3)on2)cc1. The predicted octanol–water partition coefficient (Wildman–Crippen LogP) is 2.41. The molecule has 0 unspecified atom stereocenters. The normalized spacial score (nSPS) is 19.4. The third-order valence-corrected chi connectivity index (χ3v) is 4.08. The average Bonchev–Trinajstić information content (AvgIpc) is 2.96. The topological polar surface area (TPSA) is 41.7 Å². The molecule has 1 aliphatic heterocycles. The highest BCUT2D eigenvalue weighted by Crippen LogP contribution is 2.21. The first-order valence-corrected chi connectivity index (χ1v) is 8.11. The largest absolute Gasteiger partial charge is 0.374 e. The molecule has 0 radical (unpaired) electrons. The van der Waals surface area contributed by atoms with Crippen LogP contribution in [0.2, 0.25) is 0 Å². The van der Waals surface area contributed by atoms with Gasteiger partial charge in [-0.1, -0.05) is 35.0 Å². The zero-order valence-electron chi connectivity index (χ0n) is 14.2. The molecule has 1 aliphatic rings. The number of aryl methyl sites for hydroxylation is 1. The van der Waals surface area contributed by atoms with Gasteiger partial charge in [-0.3, -0.25) is 4.90 Å². The van der Waals surface area contributed by atoms with Gasteiger partial charge in [-0.05, 0) is 21.0 Å². The summed E-state index contributed by atoms with van der Waals surface area (Å²) in [7, 11) is 4.15. The number of benzene rings is 1. The Morgan fingerprint density at radius 3 is 2.78 bits per heavy atom. The van der Waals surface area contributed by atoms with Crippen molar-refractivity contribution in [2.24, 2.45) is 0 Å². The van der Waals surface area contributed by atoms with E-state index in [4.69, 9.17) is 9.26 Å². The van der Waals surface area contributed by atoms with Crippen LogP contribution in [0, 0.1) is 6.92 Å². The summed E-state index contributed by atoms with van der Waals surface area (Å²) in [5.74, 6) is 0.908. The monoisotopic (exact) mass is 315 g/mol. The first kappa shape index (κ1) is 16.2. The molecule has 0 N–H and O–H groups in total. The highest BCUT2D eigenvalue weighted by atomic mass is 16.5. The molecule has 0 amide bonds. The molecule has 1 atom stereocenters. The molecule has 5 heteroatoms. The minimum Gasteiger partial charge on any atom is -0.374 e. The van der Waals surface area contributed by atoms with Gasteiger partial charge in [0.15, 0.2) is 5.76 Å².